The van der Waals surface area contributed by atoms with Gasteiger partial charge in [-0.25, -0.2) is 9.37 Å². The SMILES string of the molecule is COCC1Cn2cc(-c3cc(Br)ncc3Cl)cc2C(=O)N1Cc1cc(F)ccc1CO. The van der Waals surface area contributed by atoms with Crippen LogP contribution in [-0.2, 0) is 24.4 Å². The second kappa shape index (κ2) is 9.08. The molecule has 1 aliphatic heterocycles. The fourth-order valence-corrected chi connectivity index (χ4v) is 4.42. The van der Waals surface area contributed by atoms with Gasteiger partial charge in [0.25, 0.3) is 5.91 Å². The second-order valence-electron chi connectivity index (χ2n) is 7.37. The van der Waals surface area contributed by atoms with Crippen molar-refractivity contribution in [3.05, 3.63) is 75.0 Å². The molecule has 1 atom stereocenters. The number of hydrogen-bond donors (Lipinski definition) is 1. The zero-order valence-corrected chi connectivity index (χ0v) is 19.0. The molecule has 3 aromatic rings. The number of carbonyl (C=O) groups excluding carboxylic acids is 1. The van der Waals surface area contributed by atoms with Crippen molar-refractivity contribution in [1.82, 2.24) is 14.5 Å². The van der Waals surface area contributed by atoms with E-state index in [1.165, 1.54) is 18.2 Å². The summed E-state index contributed by atoms with van der Waals surface area (Å²) in [6.07, 6.45) is 3.45. The monoisotopic (exact) mass is 507 g/mol. The number of pyridine rings is 1. The van der Waals surface area contributed by atoms with Crippen LogP contribution < -0.4 is 0 Å². The minimum atomic E-state index is -0.413. The van der Waals surface area contributed by atoms with Gasteiger partial charge in [0.05, 0.1) is 24.3 Å². The maximum absolute atomic E-state index is 13.8. The van der Waals surface area contributed by atoms with E-state index in [-0.39, 0.29) is 25.1 Å². The minimum absolute atomic E-state index is 0.169. The summed E-state index contributed by atoms with van der Waals surface area (Å²) in [5.74, 6) is -0.611. The molecule has 0 spiro atoms. The molecule has 0 bridgehead atoms. The molecule has 0 saturated carbocycles. The van der Waals surface area contributed by atoms with Crippen LogP contribution in [0.4, 0.5) is 4.39 Å². The van der Waals surface area contributed by atoms with Gasteiger partial charge < -0.3 is 19.3 Å². The smallest absolute Gasteiger partial charge is 0.271 e. The quantitative estimate of drug-likeness (QED) is 0.505. The lowest BCUT2D eigenvalue weighted by Gasteiger charge is -2.36. The van der Waals surface area contributed by atoms with Crippen LogP contribution in [0, 0.1) is 5.82 Å². The Labute approximate surface area is 192 Å². The fourth-order valence-electron chi connectivity index (χ4n) is 3.88. The number of hydrogen-bond acceptors (Lipinski definition) is 4. The molecule has 0 saturated heterocycles. The number of methoxy groups -OCH3 is 1. The maximum Gasteiger partial charge on any atom is 0.271 e. The Kier molecular flexibility index (Phi) is 6.43. The Bertz CT molecular complexity index is 1140. The molecule has 1 aromatic carbocycles. The highest BCUT2D eigenvalue weighted by atomic mass is 79.9. The van der Waals surface area contributed by atoms with E-state index in [1.54, 1.807) is 30.3 Å². The van der Waals surface area contributed by atoms with Crippen molar-refractivity contribution in [2.45, 2.75) is 25.7 Å². The number of aliphatic hydroxyl groups is 1. The van der Waals surface area contributed by atoms with Crippen molar-refractivity contribution in [3.63, 3.8) is 0 Å². The molecule has 6 nitrogen and oxygen atoms in total. The van der Waals surface area contributed by atoms with Crippen molar-refractivity contribution in [2.24, 2.45) is 0 Å². The average Bonchev–Trinajstić information content (AvgIpc) is 3.17. The van der Waals surface area contributed by atoms with Gasteiger partial charge in [-0.05, 0) is 51.3 Å². The van der Waals surface area contributed by atoms with Gasteiger partial charge in [0.2, 0.25) is 0 Å². The Morgan fingerprint density at radius 2 is 2.13 bits per heavy atom. The van der Waals surface area contributed by atoms with E-state index < -0.39 is 5.82 Å². The summed E-state index contributed by atoms with van der Waals surface area (Å²) in [6, 6.07) is 7.54. The topological polar surface area (TPSA) is 67.6 Å². The zero-order chi connectivity index (χ0) is 22.1. The summed E-state index contributed by atoms with van der Waals surface area (Å²) < 4.78 is 21.7. The molecule has 1 N–H and O–H groups in total. The molecule has 9 heteroatoms. The van der Waals surface area contributed by atoms with E-state index in [0.29, 0.717) is 39.6 Å². The number of aromatic nitrogens is 2. The summed E-state index contributed by atoms with van der Waals surface area (Å²) in [7, 11) is 1.58. The number of amides is 1. The summed E-state index contributed by atoms with van der Waals surface area (Å²) in [5, 5.41) is 10.1. The van der Waals surface area contributed by atoms with E-state index in [9.17, 15) is 14.3 Å². The number of rotatable bonds is 6. The Morgan fingerprint density at radius 1 is 1.32 bits per heavy atom. The van der Waals surface area contributed by atoms with E-state index in [0.717, 1.165) is 11.1 Å². The largest absolute Gasteiger partial charge is 0.392 e. The number of carbonyl (C=O) groups is 1. The molecular weight excluding hydrogens is 489 g/mol. The lowest BCUT2D eigenvalue weighted by atomic mass is 10.0. The first-order valence-corrected chi connectivity index (χ1v) is 10.8. The Balaban J connectivity index is 1.72. The third-order valence-corrected chi connectivity index (χ3v) is 6.13. The summed E-state index contributed by atoms with van der Waals surface area (Å²) >= 11 is 9.68. The van der Waals surface area contributed by atoms with Gasteiger partial charge in [-0.3, -0.25) is 4.79 Å². The van der Waals surface area contributed by atoms with Gasteiger partial charge >= 0.3 is 0 Å². The highest BCUT2D eigenvalue weighted by Crippen LogP contribution is 2.33. The van der Waals surface area contributed by atoms with Crippen LogP contribution in [0.1, 0.15) is 21.6 Å². The molecule has 2 aromatic heterocycles. The van der Waals surface area contributed by atoms with Gasteiger partial charge in [-0.1, -0.05) is 17.7 Å². The molecule has 31 heavy (non-hydrogen) atoms. The van der Waals surface area contributed by atoms with E-state index in [2.05, 4.69) is 20.9 Å². The molecule has 162 valence electrons. The van der Waals surface area contributed by atoms with Gasteiger partial charge in [-0.2, -0.15) is 0 Å². The van der Waals surface area contributed by atoms with Crippen LogP contribution in [0.3, 0.4) is 0 Å². The number of aliphatic hydroxyl groups excluding tert-OH is 1. The lowest BCUT2D eigenvalue weighted by Crippen LogP contribution is -2.49. The number of benzene rings is 1. The second-order valence-corrected chi connectivity index (χ2v) is 8.59. The highest BCUT2D eigenvalue weighted by molar-refractivity contribution is 9.10. The van der Waals surface area contributed by atoms with Gasteiger partial charge in [-0.15, -0.1) is 0 Å². The van der Waals surface area contributed by atoms with Crippen molar-refractivity contribution >= 4 is 33.4 Å². The molecule has 3 heterocycles. The van der Waals surface area contributed by atoms with Gasteiger partial charge in [0, 0.05) is 43.7 Å². The third kappa shape index (κ3) is 4.39. The minimum Gasteiger partial charge on any atom is -0.392 e. The highest BCUT2D eigenvalue weighted by Gasteiger charge is 2.33. The van der Waals surface area contributed by atoms with Crippen LogP contribution >= 0.6 is 27.5 Å². The maximum atomic E-state index is 13.8. The van der Waals surface area contributed by atoms with Crippen LogP contribution in [-0.4, -0.2) is 45.2 Å². The molecule has 1 amide bonds. The molecule has 1 aliphatic rings. The Morgan fingerprint density at radius 3 is 2.87 bits per heavy atom. The van der Waals surface area contributed by atoms with Crippen LogP contribution in [0.2, 0.25) is 5.02 Å². The van der Waals surface area contributed by atoms with Gasteiger partial charge in [0.15, 0.2) is 0 Å². The third-order valence-electron chi connectivity index (χ3n) is 5.40. The molecule has 1 unspecified atom stereocenters. The molecule has 0 fully saturated rings. The molecule has 0 radical (unpaired) electrons. The van der Waals surface area contributed by atoms with Crippen molar-refractivity contribution in [2.75, 3.05) is 13.7 Å². The number of nitrogens with zero attached hydrogens (tertiary/aromatic N) is 3. The first kappa shape index (κ1) is 22.0. The number of ether oxygens (including phenoxy) is 1. The van der Waals surface area contributed by atoms with E-state index in [1.807, 2.05) is 10.8 Å². The fraction of sp³-hybridized carbons (Fsp3) is 0.273. The van der Waals surface area contributed by atoms with Crippen LogP contribution in [0.25, 0.3) is 11.1 Å². The Hall–Kier alpha value is -2.26. The number of halogens is 3. The molecule has 0 aliphatic carbocycles. The predicted octanol–water partition coefficient (Wildman–Crippen LogP) is 4.27. The standard InChI is InChI=1S/C22H20BrClFN3O3/c1-31-12-17-10-27-8-15(18-6-21(23)26-7-19(18)24)5-20(27)22(30)28(17)9-14-4-16(25)3-2-13(14)11-29/h2-8,17,29H,9-12H2,1H3. The van der Waals surface area contributed by atoms with Crippen molar-refractivity contribution in [1.29, 1.82) is 0 Å². The van der Waals surface area contributed by atoms with E-state index >= 15 is 0 Å². The summed E-state index contributed by atoms with van der Waals surface area (Å²) in [6.45, 7) is 0.776. The van der Waals surface area contributed by atoms with Crippen LogP contribution in [0.5, 0.6) is 0 Å². The van der Waals surface area contributed by atoms with Crippen molar-refractivity contribution in [3.8, 4) is 11.1 Å². The molecule has 4 rings (SSSR count). The zero-order valence-electron chi connectivity index (χ0n) is 16.7. The van der Waals surface area contributed by atoms with Crippen LogP contribution in [0.15, 0.2) is 47.3 Å². The normalized spacial score (nSPS) is 16.0. The first-order chi connectivity index (χ1) is 14.9. The van der Waals surface area contributed by atoms with E-state index in [4.69, 9.17) is 16.3 Å². The van der Waals surface area contributed by atoms with Gasteiger partial charge in [0.1, 0.15) is 16.1 Å². The lowest BCUT2D eigenvalue weighted by molar-refractivity contribution is 0.0386. The van der Waals surface area contributed by atoms with Crippen molar-refractivity contribution < 1.29 is 19.0 Å². The first-order valence-electron chi connectivity index (χ1n) is 9.61. The molecular formula is C22H20BrClFN3O3. The summed E-state index contributed by atoms with van der Waals surface area (Å²) in [4.78, 5) is 19.2. The average molecular weight is 509 g/mol. The predicted molar refractivity (Wildman–Crippen MR) is 118 cm³/mol. The summed E-state index contributed by atoms with van der Waals surface area (Å²) in [5.41, 5.74) is 3.23. The number of fused-ring (bicyclic) bond motifs is 1.